The Bertz CT molecular complexity index is 1080. The zero-order chi connectivity index (χ0) is 20.9. The number of fused-ring (bicyclic) bond motifs is 2. The summed E-state index contributed by atoms with van der Waals surface area (Å²) in [4.78, 5) is 3.82. The molecule has 4 rings (SSSR count). The van der Waals surface area contributed by atoms with E-state index in [1.54, 1.807) is 0 Å². The minimum absolute atomic E-state index is 0.996. The molecule has 0 amide bonds. The van der Waals surface area contributed by atoms with Crippen LogP contribution < -0.4 is 9.47 Å². The van der Waals surface area contributed by atoms with Crippen molar-refractivity contribution in [3.8, 4) is 0 Å². The van der Waals surface area contributed by atoms with Crippen LogP contribution in [0.3, 0.4) is 0 Å². The van der Waals surface area contributed by atoms with Gasteiger partial charge in [0.2, 0.25) is 5.52 Å². The van der Waals surface area contributed by atoms with Crippen LogP contribution in [0.25, 0.3) is 16.3 Å². The fourth-order valence-corrected chi connectivity index (χ4v) is 6.46. The second-order valence-electron chi connectivity index (χ2n) is 7.63. The van der Waals surface area contributed by atoms with Crippen molar-refractivity contribution >= 4 is 45.1 Å². The van der Waals surface area contributed by atoms with Gasteiger partial charge in [-0.1, -0.05) is 67.1 Å². The topological polar surface area (TPSA) is 7.12 Å². The van der Waals surface area contributed by atoms with Crippen LogP contribution in [0.5, 0.6) is 0 Å². The molecule has 0 atom stereocenters. The summed E-state index contributed by atoms with van der Waals surface area (Å²) in [7, 11) is 0. The fraction of sp³-hybridized carbons (Fsp3) is 0.346. The van der Waals surface area contributed by atoms with Crippen LogP contribution >= 0.6 is 23.1 Å². The van der Waals surface area contributed by atoms with Gasteiger partial charge in [-0.2, -0.15) is 4.57 Å². The SMILES string of the molecule is CCCCCC(=Cc1sc2ccccc2[n+]1CC)C=C1Sc2ccccc2N1CC. The van der Waals surface area contributed by atoms with Crippen molar-refractivity contribution in [1.82, 2.24) is 0 Å². The van der Waals surface area contributed by atoms with Crippen molar-refractivity contribution in [3.63, 3.8) is 0 Å². The molecule has 0 bridgehead atoms. The van der Waals surface area contributed by atoms with Crippen molar-refractivity contribution in [2.24, 2.45) is 0 Å². The number of allylic oxidation sites excluding steroid dienone is 2. The van der Waals surface area contributed by atoms with Crippen molar-refractivity contribution in [3.05, 3.63) is 70.2 Å². The summed E-state index contributed by atoms with van der Waals surface area (Å²) in [6.45, 7) is 8.76. The molecule has 2 nitrogen and oxygen atoms in total. The molecule has 0 unspecified atom stereocenters. The Morgan fingerprint density at radius 1 is 1.00 bits per heavy atom. The molecule has 4 heteroatoms. The third-order valence-corrected chi connectivity index (χ3v) is 7.82. The molecule has 2 heterocycles. The number of hydrogen-bond acceptors (Lipinski definition) is 3. The minimum Gasteiger partial charge on any atom is -0.335 e. The molecule has 3 aromatic rings. The average Bonchev–Trinajstić information content (AvgIpc) is 3.30. The van der Waals surface area contributed by atoms with Gasteiger partial charge < -0.3 is 4.90 Å². The number of nitrogens with zero attached hydrogens (tertiary/aromatic N) is 2. The van der Waals surface area contributed by atoms with Crippen LogP contribution in [-0.2, 0) is 6.54 Å². The van der Waals surface area contributed by atoms with Crippen LogP contribution in [0, 0.1) is 0 Å². The Hall–Kier alpha value is -2.04. The summed E-state index contributed by atoms with van der Waals surface area (Å²) >= 11 is 3.81. The number of para-hydroxylation sites is 2. The number of unbranched alkanes of at least 4 members (excludes halogenated alkanes) is 2. The Kier molecular flexibility index (Phi) is 6.96. The summed E-state index contributed by atoms with van der Waals surface area (Å²) < 4.78 is 3.82. The lowest BCUT2D eigenvalue weighted by atomic mass is 10.1. The van der Waals surface area contributed by atoms with Gasteiger partial charge in [-0.05, 0) is 56.5 Å². The zero-order valence-electron chi connectivity index (χ0n) is 18.2. The number of rotatable bonds is 8. The van der Waals surface area contributed by atoms with E-state index in [4.69, 9.17) is 0 Å². The Morgan fingerprint density at radius 2 is 1.80 bits per heavy atom. The highest BCUT2D eigenvalue weighted by atomic mass is 32.2. The smallest absolute Gasteiger partial charge is 0.263 e. The van der Waals surface area contributed by atoms with Crippen molar-refractivity contribution < 1.29 is 4.57 Å². The zero-order valence-corrected chi connectivity index (χ0v) is 19.9. The maximum Gasteiger partial charge on any atom is 0.263 e. The molecule has 1 aromatic heterocycles. The highest BCUT2D eigenvalue weighted by Crippen LogP contribution is 2.46. The van der Waals surface area contributed by atoms with Crippen LogP contribution in [0.15, 0.2) is 70.1 Å². The molecule has 1 aliphatic heterocycles. The van der Waals surface area contributed by atoms with E-state index >= 15 is 0 Å². The molecule has 0 N–H and O–H groups in total. The van der Waals surface area contributed by atoms with Crippen molar-refractivity contribution in [2.45, 2.75) is 57.9 Å². The molecule has 1 aliphatic rings. The van der Waals surface area contributed by atoms with E-state index in [1.807, 2.05) is 23.1 Å². The molecule has 2 aromatic carbocycles. The molecule has 0 saturated carbocycles. The lowest BCUT2D eigenvalue weighted by Gasteiger charge is -2.18. The summed E-state index contributed by atoms with van der Waals surface area (Å²) in [5, 5.41) is 2.70. The van der Waals surface area contributed by atoms with Crippen LogP contribution in [-0.4, -0.2) is 6.54 Å². The number of aryl methyl sites for hydroxylation is 1. The van der Waals surface area contributed by atoms with Crippen LogP contribution in [0.1, 0.15) is 51.5 Å². The fourth-order valence-electron chi connectivity index (χ4n) is 4.06. The summed E-state index contributed by atoms with van der Waals surface area (Å²) in [6, 6.07) is 17.5. The van der Waals surface area contributed by atoms with Gasteiger partial charge >= 0.3 is 0 Å². The second-order valence-corrected chi connectivity index (χ2v) is 9.75. The van der Waals surface area contributed by atoms with E-state index in [0.717, 1.165) is 19.5 Å². The van der Waals surface area contributed by atoms with E-state index in [1.165, 1.54) is 55.7 Å². The van der Waals surface area contributed by atoms with Crippen LogP contribution in [0.2, 0.25) is 0 Å². The van der Waals surface area contributed by atoms with E-state index in [0.29, 0.717) is 0 Å². The normalized spacial score (nSPS) is 15.4. The van der Waals surface area contributed by atoms with Gasteiger partial charge in [0.15, 0.2) is 0 Å². The molecule has 0 radical (unpaired) electrons. The molecule has 0 fully saturated rings. The molecule has 156 valence electrons. The summed E-state index contributed by atoms with van der Waals surface area (Å²) in [5.41, 5.74) is 4.12. The van der Waals surface area contributed by atoms with Crippen molar-refractivity contribution in [1.29, 1.82) is 0 Å². The molecular weight excluding hydrogens is 404 g/mol. The van der Waals surface area contributed by atoms with E-state index in [2.05, 4.69) is 90.9 Å². The summed E-state index contributed by atoms with van der Waals surface area (Å²) in [5.74, 6) is 0. The minimum atomic E-state index is 0.996. The quantitative estimate of drug-likeness (QED) is 0.265. The number of anilines is 1. The first kappa shape index (κ1) is 21.2. The predicted molar refractivity (Wildman–Crippen MR) is 133 cm³/mol. The molecule has 30 heavy (non-hydrogen) atoms. The highest BCUT2D eigenvalue weighted by Gasteiger charge is 2.24. The summed E-state index contributed by atoms with van der Waals surface area (Å²) in [6.07, 6.45) is 9.79. The maximum absolute atomic E-state index is 2.45. The standard InChI is InChI=1S/C26H31N2S2/c1-4-7-8-13-20(18-25-27(5-2)21-14-9-11-16-23(21)29-25)19-26-28(6-3)22-15-10-12-17-24(22)30-26/h9-12,14-19H,4-8,13H2,1-3H3/q+1. The van der Waals surface area contributed by atoms with E-state index < -0.39 is 0 Å². The Balaban J connectivity index is 1.73. The van der Waals surface area contributed by atoms with E-state index in [-0.39, 0.29) is 0 Å². The first-order valence-electron chi connectivity index (χ1n) is 11.1. The predicted octanol–water partition coefficient (Wildman–Crippen LogP) is 7.65. The average molecular weight is 436 g/mol. The molecule has 0 spiro atoms. The first-order chi connectivity index (χ1) is 14.7. The third-order valence-electron chi connectivity index (χ3n) is 5.59. The second kappa shape index (κ2) is 9.84. The number of hydrogen-bond donors (Lipinski definition) is 0. The Labute approximate surface area is 188 Å². The first-order valence-corrected chi connectivity index (χ1v) is 12.8. The highest BCUT2D eigenvalue weighted by molar-refractivity contribution is 8.03. The van der Waals surface area contributed by atoms with E-state index in [9.17, 15) is 0 Å². The molecule has 0 saturated heterocycles. The van der Waals surface area contributed by atoms with Crippen LogP contribution in [0.4, 0.5) is 5.69 Å². The lowest BCUT2D eigenvalue weighted by molar-refractivity contribution is -0.665. The third kappa shape index (κ3) is 4.35. The molecule has 0 aliphatic carbocycles. The van der Waals surface area contributed by atoms with Gasteiger partial charge in [0.1, 0.15) is 11.2 Å². The molecular formula is C26H31N2S2+. The van der Waals surface area contributed by atoms with Gasteiger partial charge in [0, 0.05) is 23.6 Å². The van der Waals surface area contributed by atoms with Gasteiger partial charge in [0.25, 0.3) is 5.01 Å². The number of benzene rings is 2. The Morgan fingerprint density at radius 3 is 2.60 bits per heavy atom. The lowest BCUT2D eigenvalue weighted by Crippen LogP contribution is -2.33. The van der Waals surface area contributed by atoms with Crippen molar-refractivity contribution in [2.75, 3.05) is 11.4 Å². The van der Waals surface area contributed by atoms with Gasteiger partial charge in [-0.25, -0.2) is 0 Å². The number of thioether (sulfide) groups is 1. The number of thiazole rings is 1. The number of aromatic nitrogens is 1. The van der Waals surface area contributed by atoms with Gasteiger partial charge in [-0.15, -0.1) is 0 Å². The van der Waals surface area contributed by atoms with Gasteiger partial charge in [0.05, 0.1) is 10.7 Å². The monoisotopic (exact) mass is 435 g/mol. The van der Waals surface area contributed by atoms with Gasteiger partial charge in [-0.3, -0.25) is 0 Å². The maximum atomic E-state index is 2.45. The largest absolute Gasteiger partial charge is 0.335 e.